The predicted molar refractivity (Wildman–Crippen MR) is 83.0 cm³/mol. The SMILES string of the molecule is O=C(NC1(C(=O)O)CCOC1)c1ccc(-c2ccc(F)cc2)s1. The van der Waals surface area contributed by atoms with Crippen molar-refractivity contribution in [2.24, 2.45) is 0 Å². The summed E-state index contributed by atoms with van der Waals surface area (Å²) in [5.41, 5.74) is -0.565. The molecule has 0 saturated carbocycles. The third-order valence-electron chi connectivity index (χ3n) is 3.74. The van der Waals surface area contributed by atoms with Crippen molar-refractivity contribution in [1.29, 1.82) is 0 Å². The molecule has 2 N–H and O–H groups in total. The number of carbonyl (C=O) groups is 2. The van der Waals surface area contributed by atoms with Crippen molar-refractivity contribution in [1.82, 2.24) is 5.32 Å². The van der Waals surface area contributed by atoms with Crippen molar-refractivity contribution in [3.05, 3.63) is 47.1 Å². The van der Waals surface area contributed by atoms with Crippen LogP contribution in [0.15, 0.2) is 36.4 Å². The lowest BCUT2D eigenvalue weighted by Gasteiger charge is -2.23. The van der Waals surface area contributed by atoms with Gasteiger partial charge in [0.2, 0.25) is 0 Å². The third-order valence-corrected chi connectivity index (χ3v) is 4.88. The number of hydrogen-bond acceptors (Lipinski definition) is 4. The van der Waals surface area contributed by atoms with Gasteiger partial charge in [0.05, 0.1) is 11.5 Å². The van der Waals surface area contributed by atoms with Crippen LogP contribution in [-0.4, -0.2) is 35.7 Å². The number of aliphatic carboxylic acids is 1. The van der Waals surface area contributed by atoms with E-state index in [0.717, 1.165) is 10.4 Å². The first-order valence-corrected chi connectivity index (χ1v) is 7.81. The van der Waals surface area contributed by atoms with Gasteiger partial charge in [-0.05, 0) is 29.8 Å². The second-order valence-electron chi connectivity index (χ2n) is 5.31. The zero-order valence-corrected chi connectivity index (χ0v) is 12.9. The van der Waals surface area contributed by atoms with Crippen LogP contribution in [0.3, 0.4) is 0 Å². The molecule has 1 unspecified atom stereocenters. The van der Waals surface area contributed by atoms with Gasteiger partial charge in [-0.2, -0.15) is 0 Å². The van der Waals surface area contributed by atoms with Gasteiger partial charge < -0.3 is 15.2 Å². The highest BCUT2D eigenvalue weighted by Crippen LogP contribution is 2.29. The zero-order chi connectivity index (χ0) is 16.4. The minimum absolute atomic E-state index is 0.0374. The minimum atomic E-state index is -1.36. The van der Waals surface area contributed by atoms with E-state index in [4.69, 9.17) is 4.74 Å². The molecule has 2 aromatic rings. The number of hydrogen-bond donors (Lipinski definition) is 2. The maximum atomic E-state index is 13.0. The van der Waals surface area contributed by atoms with Crippen LogP contribution >= 0.6 is 11.3 Å². The maximum Gasteiger partial charge on any atom is 0.331 e. The van der Waals surface area contributed by atoms with E-state index in [1.165, 1.54) is 23.5 Å². The highest BCUT2D eigenvalue weighted by molar-refractivity contribution is 7.17. The van der Waals surface area contributed by atoms with Crippen LogP contribution in [0.25, 0.3) is 10.4 Å². The van der Waals surface area contributed by atoms with Crippen molar-refractivity contribution in [2.75, 3.05) is 13.2 Å². The number of thiophene rings is 1. The topological polar surface area (TPSA) is 75.6 Å². The van der Waals surface area contributed by atoms with E-state index in [-0.39, 0.29) is 18.8 Å². The van der Waals surface area contributed by atoms with Crippen molar-refractivity contribution < 1.29 is 23.8 Å². The molecule has 7 heteroatoms. The molecule has 1 saturated heterocycles. The molecule has 1 amide bonds. The van der Waals surface area contributed by atoms with E-state index in [2.05, 4.69) is 5.32 Å². The molecule has 1 aliphatic heterocycles. The molecule has 1 atom stereocenters. The number of rotatable bonds is 4. The van der Waals surface area contributed by atoms with E-state index < -0.39 is 17.4 Å². The van der Waals surface area contributed by atoms with Crippen LogP contribution in [0.2, 0.25) is 0 Å². The fourth-order valence-electron chi connectivity index (χ4n) is 2.39. The minimum Gasteiger partial charge on any atom is -0.479 e. The van der Waals surface area contributed by atoms with Crippen molar-refractivity contribution in [3.63, 3.8) is 0 Å². The Morgan fingerprint density at radius 2 is 1.96 bits per heavy atom. The van der Waals surface area contributed by atoms with Gasteiger partial charge in [-0.15, -0.1) is 11.3 Å². The van der Waals surface area contributed by atoms with E-state index in [1.807, 2.05) is 0 Å². The fraction of sp³-hybridized carbons (Fsp3) is 0.250. The number of halogens is 1. The first-order valence-electron chi connectivity index (χ1n) is 7.00. The lowest BCUT2D eigenvalue weighted by molar-refractivity contribution is -0.144. The van der Waals surface area contributed by atoms with Crippen LogP contribution in [0.4, 0.5) is 4.39 Å². The Balaban J connectivity index is 1.78. The van der Waals surface area contributed by atoms with Gasteiger partial charge in [0.1, 0.15) is 5.82 Å². The summed E-state index contributed by atoms with van der Waals surface area (Å²) in [6.07, 6.45) is 0.240. The number of carboxylic acid groups (broad SMARTS) is 1. The lowest BCUT2D eigenvalue weighted by atomic mass is 9.99. The molecule has 5 nitrogen and oxygen atoms in total. The summed E-state index contributed by atoms with van der Waals surface area (Å²) in [5, 5.41) is 11.9. The fourth-order valence-corrected chi connectivity index (χ4v) is 3.30. The molecular weight excluding hydrogens is 321 g/mol. The van der Waals surface area contributed by atoms with Crippen LogP contribution in [-0.2, 0) is 9.53 Å². The van der Waals surface area contributed by atoms with Gasteiger partial charge >= 0.3 is 5.97 Å². The molecule has 0 bridgehead atoms. The lowest BCUT2D eigenvalue weighted by Crippen LogP contribution is -2.55. The first-order chi connectivity index (χ1) is 11.0. The molecule has 120 valence electrons. The van der Waals surface area contributed by atoms with Gasteiger partial charge in [-0.1, -0.05) is 12.1 Å². The van der Waals surface area contributed by atoms with E-state index >= 15 is 0 Å². The second kappa shape index (κ2) is 6.10. The third kappa shape index (κ3) is 3.11. The Morgan fingerprint density at radius 1 is 1.22 bits per heavy atom. The summed E-state index contributed by atoms with van der Waals surface area (Å²) < 4.78 is 18.1. The molecule has 0 aliphatic carbocycles. The number of nitrogens with one attached hydrogen (secondary N) is 1. The summed E-state index contributed by atoms with van der Waals surface area (Å²) in [5.74, 6) is -1.87. The summed E-state index contributed by atoms with van der Waals surface area (Å²) in [7, 11) is 0. The second-order valence-corrected chi connectivity index (χ2v) is 6.40. The van der Waals surface area contributed by atoms with Crippen LogP contribution in [0.5, 0.6) is 0 Å². The van der Waals surface area contributed by atoms with Crippen LogP contribution in [0, 0.1) is 5.82 Å². The molecule has 0 spiro atoms. The van der Waals surface area contributed by atoms with Gasteiger partial charge in [-0.3, -0.25) is 4.79 Å². The molecule has 1 fully saturated rings. The standard InChI is InChI=1S/C16H14FNO4S/c17-11-3-1-10(2-4-11)12-5-6-13(23-12)14(19)18-16(15(20)21)7-8-22-9-16/h1-6H,7-9H2,(H,18,19)(H,20,21). The summed E-state index contributed by atoms with van der Waals surface area (Å²) >= 11 is 1.23. The normalized spacial score (nSPS) is 20.4. The highest BCUT2D eigenvalue weighted by atomic mass is 32.1. The average molecular weight is 335 g/mol. The van der Waals surface area contributed by atoms with Crippen LogP contribution in [0.1, 0.15) is 16.1 Å². The first kappa shape index (κ1) is 15.6. The van der Waals surface area contributed by atoms with Crippen molar-refractivity contribution >= 4 is 23.2 Å². The number of ether oxygens (including phenoxy) is 1. The van der Waals surface area contributed by atoms with Crippen LogP contribution < -0.4 is 5.32 Å². The molecule has 1 aliphatic rings. The largest absolute Gasteiger partial charge is 0.479 e. The summed E-state index contributed by atoms with van der Waals surface area (Å²) in [6, 6.07) is 9.35. The number of carboxylic acids is 1. The molecule has 0 radical (unpaired) electrons. The average Bonchev–Trinajstić information content (AvgIpc) is 3.17. The molecule has 2 heterocycles. The quantitative estimate of drug-likeness (QED) is 0.900. The van der Waals surface area contributed by atoms with Crippen molar-refractivity contribution in [2.45, 2.75) is 12.0 Å². The summed E-state index contributed by atoms with van der Waals surface area (Å²) in [6.45, 7) is 0.266. The Bertz CT molecular complexity index is 735. The maximum absolute atomic E-state index is 13.0. The number of amides is 1. The van der Waals surface area contributed by atoms with E-state index in [9.17, 15) is 19.1 Å². The molecule has 23 heavy (non-hydrogen) atoms. The molecule has 3 rings (SSSR count). The van der Waals surface area contributed by atoms with Gasteiger partial charge in [0.25, 0.3) is 5.91 Å². The smallest absolute Gasteiger partial charge is 0.331 e. The Hall–Kier alpha value is -2.25. The van der Waals surface area contributed by atoms with Gasteiger partial charge in [0, 0.05) is 17.9 Å². The van der Waals surface area contributed by atoms with Gasteiger partial charge in [0.15, 0.2) is 5.54 Å². The number of carbonyl (C=O) groups excluding carboxylic acids is 1. The highest BCUT2D eigenvalue weighted by Gasteiger charge is 2.44. The molecule has 1 aromatic heterocycles. The van der Waals surface area contributed by atoms with E-state index in [0.29, 0.717) is 11.5 Å². The van der Waals surface area contributed by atoms with Crippen molar-refractivity contribution in [3.8, 4) is 10.4 Å². The monoisotopic (exact) mass is 335 g/mol. The molecular formula is C16H14FNO4S. The Morgan fingerprint density at radius 3 is 2.57 bits per heavy atom. The van der Waals surface area contributed by atoms with E-state index in [1.54, 1.807) is 24.3 Å². The number of benzene rings is 1. The Labute approximate surface area is 135 Å². The van der Waals surface area contributed by atoms with Gasteiger partial charge in [-0.25, -0.2) is 9.18 Å². The predicted octanol–water partition coefficient (Wildman–Crippen LogP) is 2.53. The Kier molecular flexibility index (Phi) is 4.14. The molecule has 1 aromatic carbocycles. The zero-order valence-electron chi connectivity index (χ0n) is 12.0. The summed E-state index contributed by atoms with van der Waals surface area (Å²) in [4.78, 5) is 25.0.